The van der Waals surface area contributed by atoms with Gasteiger partial charge in [0.1, 0.15) is 0 Å². The molecule has 522 valence electrons. The first-order valence-electron chi connectivity index (χ1n) is 25.8. The number of fused-ring (bicyclic) bond motifs is 5. The zero-order valence-electron chi connectivity index (χ0n) is 49.7. The molecule has 0 nitrogen and oxygen atoms in total. The molecule has 4 aliphatic carbocycles. The molecule has 0 spiro atoms. The van der Waals surface area contributed by atoms with Crippen LogP contribution < -0.4 is 0 Å². The van der Waals surface area contributed by atoms with Gasteiger partial charge in [-0.05, 0) is 273 Å². The summed E-state index contributed by atoms with van der Waals surface area (Å²) in [6.07, 6.45) is 9.96. The minimum atomic E-state index is -0.577. The predicted molar refractivity (Wildman–Crippen MR) is 636 cm³/mol. The summed E-state index contributed by atoms with van der Waals surface area (Å²) in [5.41, 5.74) is 0.990. The van der Waals surface area contributed by atoms with E-state index in [0.29, 0.717) is 41.2 Å². The molecular weight excluding hydrogens is 2250 g/mol. The summed E-state index contributed by atoms with van der Waals surface area (Å²) >= 11 is 0. The van der Waals surface area contributed by atoms with Crippen LogP contribution in [0.25, 0.3) is 0 Å². The van der Waals surface area contributed by atoms with Crippen molar-refractivity contribution in [1.82, 2.24) is 0 Å². The van der Waals surface area contributed by atoms with Crippen LogP contribution in [0.2, 0.25) is 0 Å². The second-order valence-electron chi connectivity index (χ2n) is 21.9. The Hall–Kier alpha value is 27.1. The van der Waals surface area contributed by atoms with Crippen molar-refractivity contribution in [3.05, 3.63) is 0 Å². The van der Waals surface area contributed by atoms with Crippen LogP contribution in [0.1, 0.15) is 73.1 Å². The SMILES string of the molecule is CCC12CCC3C(C1CC(P(P(P)P)P(P)P)(P(P(P)P)P(P)PP)C2(C)C(C)CP(P(P)P(P)P)P(P(P)P)P(P)P)C(P(P(P)P)P(P)P(P)P)(P(P(P)P)P(PP)P(P)P)C(P(P)P)C1C3(PP)CCC(C)C1(C)P(P(P)P)P(P(P)P)P(P)P. The van der Waals surface area contributed by atoms with Crippen molar-refractivity contribution in [3.8, 4) is 0 Å². The predicted octanol–water partition coefficient (Wildman–Crippen LogP) is 40.0. The van der Waals surface area contributed by atoms with Crippen LogP contribution >= 0.6 is 512 Å². The van der Waals surface area contributed by atoms with Gasteiger partial charge < -0.3 is 0 Å². The standard InChI is InChI=1S/C25H107P63/c1-6-22-9-8-15-17(16(22)11-24(66(71(33)34)72(35)36,67(73(37)38)83(57)61-27)21(22,5)14(3)12-63(84(58)76(43)44)87(79(49)50)80(51)52)25(68(74(39)40)85(59)77(45)46,69(75(41)42)86(62-28)78(47)48)19(64(29)30)18-20(4,13(2)7-10-23(15,18)60-26)65(70(31)32)88(81(53)54)82(55)56/h13-19,60-62H,6-12,26-59H2,1-5H3. The smallest absolute Gasteiger partial charge is 0.0395 e. The molecule has 88 heavy (non-hydrogen) atoms. The molecule has 0 saturated heterocycles. The van der Waals surface area contributed by atoms with Gasteiger partial charge in [-0.15, -0.1) is 304 Å². The molecule has 63 heteroatoms. The Morgan fingerprint density at radius 2 is 0.932 bits per heavy atom. The van der Waals surface area contributed by atoms with Crippen molar-refractivity contribution >= 4 is 512 Å². The lowest BCUT2D eigenvalue weighted by molar-refractivity contribution is -0.105. The largest absolute Gasteiger partial charge is 0.114 e. The van der Waals surface area contributed by atoms with Gasteiger partial charge >= 0.3 is 0 Å². The number of hydrogen-bond acceptors (Lipinski definition) is 0. The van der Waals surface area contributed by atoms with Crippen molar-refractivity contribution in [1.29, 1.82) is 0 Å². The highest BCUT2D eigenvalue weighted by atomic mass is 33.2. The molecule has 0 amide bonds. The van der Waals surface area contributed by atoms with Gasteiger partial charge in [-0.1, -0.05) is 66.1 Å². The summed E-state index contributed by atoms with van der Waals surface area (Å²) in [4.78, 5) is 0.460. The van der Waals surface area contributed by atoms with Crippen LogP contribution in [-0.2, 0) is 0 Å². The lowest BCUT2D eigenvalue weighted by Gasteiger charge is -2.78. The fourth-order valence-corrected chi connectivity index (χ4v) is 481. The summed E-state index contributed by atoms with van der Waals surface area (Å²) in [7, 11) is 124. The molecule has 0 aromatic carbocycles. The molecule has 4 rings (SSSR count). The average Bonchev–Trinajstić information content (AvgIpc) is 1.26. The van der Waals surface area contributed by atoms with Gasteiger partial charge in [-0.25, -0.2) is 0 Å². The van der Waals surface area contributed by atoms with Crippen molar-refractivity contribution in [3.63, 3.8) is 0 Å². The van der Waals surface area contributed by atoms with E-state index in [1.165, 1.54) is 44.7 Å². The maximum Gasteiger partial charge on any atom is 0.0395 e. The molecule has 4 aliphatic rings. The zero-order chi connectivity index (χ0) is 68.1. The lowest BCUT2D eigenvalue weighted by atomic mass is 9.43. The molecule has 0 aromatic heterocycles. The van der Waals surface area contributed by atoms with Crippen LogP contribution in [0.4, 0.5) is 0 Å². The Morgan fingerprint density at radius 1 is 0.477 bits per heavy atom. The van der Waals surface area contributed by atoms with Crippen molar-refractivity contribution in [2.75, 3.05) is 6.16 Å². The Labute approximate surface area is 654 Å². The minimum absolute atomic E-state index is 0.144. The van der Waals surface area contributed by atoms with Gasteiger partial charge in [-0.3, -0.25) is 0 Å². The minimum Gasteiger partial charge on any atom is -0.114 e. The summed E-state index contributed by atoms with van der Waals surface area (Å²) < 4.78 is 0. The topological polar surface area (TPSA) is 0 Å². The summed E-state index contributed by atoms with van der Waals surface area (Å²) in [6.45, 7) is 8.88. The highest BCUT2D eigenvalue weighted by Gasteiger charge is 2.84. The maximum atomic E-state index is 3.91. The fraction of sp³-hybridized carbons (Fsp3) is 1.00. The molecule has 0 N–H and O–H groups in total. The second-order valence-corrected chi connectivity index (χ2v) is 242. The Morgan fingerprint density at radius 3 is 1.28 bits per heavy atom. The van der Waals surface area contributed by atoms with Gasteiger partial charge in [-0.2, -0.15) is 0 Å². The molecule has 4 saturated carbocycles. The van der Waals surface area contributed by atoms with E-state index < -0.39 is 78.4 Å². The first kappa shape index (κ1) is 107. The normalized spacial score (nSPS) is 35.6. The summed E-state index contributed by atoms with van der Waals surface area (Å²) in [5, 5.41) is 0.508. The van der Waals surface area contributed by atoms with Gasteiger partial charge in [0, 0.05) is 20.6 Å². The lowest BCUT2D eigenvalue weighted by Crippen LogP contribution is -2.73. The van der Waals surface area contributed by atoms with Crippen LogP contribution in [0.15, 0.2) is 0 Å². The Bertz CT molecular complexity index is 2110. The highest BCUT2D eigenvalue weighted by Crippen LogP contribution is 3.25. The molecular formula is C25H107P63. The third-order valence-electron chi connectivity index (χ3n) is 18.6. The van der Waals surface area contributed by atoms with Crippen molar-refractivity contribution in [2.24, 2.45) is 46.3 Å². The molecule has 59 atom stereocenters. The molecule has 0 bridgehead atoms. The Balaban J connectivity index is 2.70. The van der Waals surface area contributed by atoms with E-state index in [1.807, 2.05) is 0 Å². The first-order valence-corrected chi connectivity index (χ1v) is 135. The second kappa shape index (κ2) is 49.3. The zero-order valence-corrected chi connectivity index (χ0v) is 115. The third-order valence-corrected chi connectivity index (χ3v) is 319. The van der Waals surface area contributed by atoms with Crippen LogP contribution in [0.3, 0.4) is 0 Å². The van der Waals surface area contributed by atoms with Crippen LogP contribution in [0.5, 0.6) is 0 Å². The maximum absolute atomic E-state index is 3.91. The van der Waals surface area contributed by atoms with Crippen LogP contribution in [0, 0.1) is 46.3 Å². The Kier molecular flexibility index (Phi) is 60.1. The van der Waals surface area contributed by atoms with Gasteiger partial charge in [0.2, 0.25) is 0 Å². The molecule has 0 aliphatic heterocycles. The summed E-state index contributed by atoms with van der Waals surface area (Å²) in [6, 6.07) is 0. The van der Waals surface area contributed by atoms with E-state index in [0.717, 1.165) is 24.2 Å². The van der Waals surface area contributed by atoms with Crippen LogP contribution in [-0.4, -0.2) is 31.9 Å². The van der Waals surface area contributed by atoms with Crippen molar-refractivity contribution < 1.29 is 0 Å². The van der Waals surface area contributed by atoms with E-state index in [1.54, 1.807) is 0 Å². The molecule has 0 heterocycles. The number of rotatable bonds is 32. The van der Waals surface area contributed by atoms with Gasteiger partial charge in [0.05, 0.1) is 0 Å². The first-order chi connectivity index (χ1) is 40.4. The molecule has 59 unspecified atom stereocenters. The average molecular weight is 2360 g/mol. The fourth-order valence-electron chi connectivity index (χ4n) is 15.8. The highest BCUT2D eigenvalue weighted by molar-refractivity contribution is 9.21. The van der Waals surface area contributed by atoms with Crippen molar-refractivity contribution in [2.45, 2.75) is 98.9 Å². The summed E-state index contributed by atoms with van der Waals surface area (Å²) in [5.74, 6) is 4.04. The third kappa shape index (κ3) is 23.5. The van der Waals surface area contributed by atoms with E-state index in [-0.39, 0.29) is 136 Å². The monoisotopic (exact) mass is 2360 g/mol. The molecule has 0 radical (unpaired) electrons. The van der Waals surface area contributed by atoms with Gasteiger partial charge in [0.15, 0.2) is 0 Å². The number of hydrogen-bond donors (Lipinski definition) is 0. The van der Waals surface area contributed by atoms with E-state index in [4.69, 9.17) is 0 Å². The molecule has 0 aromatic rings. The van der Waals surface area contributed by atoms with E-state index >= 15 is 0 Å². The quantitative estimate of drug-likeness (QED) is 0.0589. The van der Waals surface area contributed by atoms with E-state index in [2.05, 4.69) is 338 Å². The van der Waals surface area contributed by atoms with E-state index in [9.17, 15) is 0 Å². The van der Waals surface area contributed by atoms with Gasteiger partial charge in [0.25, 0.3) is 0 Å². The molecule has 4 fully saturated rings.